The van der Waals surface area contributed by atoms with E-state index in [0.717, 1.165) is 12.2 Å². The van der Waals surface area contributed by atoms with Crippen LogP contribution in [0.25, 0.3) is 21.9 Å². The molecule has 0 radical (unpaired) electrons. The van der Waals surface area contributed by atoms with Crippen LogP contribution >= 0.6 is 0 Å². The standard InChI is InChI=1S/C26H30O/c1-17-14-15-19-10-6-8-12-21(19)23(17)24-22-13-9-7-11-20(22)16-18(2)25(24)27-26(3,4)5/h6,8,10,12,14-16H,7,9,11,13H2,1-5H3. The summed E-state index contributed by atoms with van der Waals surface area (Å²) in [5, 5.41) is 2.63. The highest BCUT2D eigenvalue weighted by Gasteiger charge is 2.26. The molecule has 3 aromatic carbocycles. The Balaban J connectivity index is 2.11. The second-order valence-electron chi connectivity index (χ2n) is 8.94. The van der Waals surface area contributed by atoms with Gasteiger partial charge >= 0.3 is 0 Å². The van der Waals surface area contributed by atoms with Gasteiger partial charge in [0.1, 0.15) is 11.4 Å². The summed E-state index contributed by atoms with van der Waals surface area (Å²) in [7, 11) is 0. The summed E-state index contributed by atoms with van der Waals surface area (Å²) in [6.07, 6.45) is 4.89. The Bertz CT molecular complexity index is 1000. The summed E-state index contributed by atoms with van der Waals surface area (Å²) in [5.41, 5.74) is 8.08. The Morgan fingerprint density at radius 2 is 1.56 bits per heavy atom. The smallest absolute Gasteiger partial charge is 0.131 e. The average molecular weight is 359 g/mol. The fourth-order valence-corrected chi connectivity index (χ4v) is 4.45. The van der Waals surface area contributed by atoms with Crippen LogP contribution in [-0.4, -0.2) is 5.60 Å². The van der Waals surface area contributed by atoms with E-state index in [1.54, 1.807) is 0 Å². The van der Waals surface area contributed by atoms with E-state index in [4.69, 9.17) is 4.74 Å². The molecular weight excluding hydrogens is 328 g/mol. The summed E-state index contributed by atoms with van der Waals surface area (Å²) >= 11 is 0. The molecule has 1 aliphatic carbocycles. The summed E-state index contributed by atoms with van der Waals surface area (Å²) in [4.78, 5) is 0. The number of ether oxygens (including phenoxy) is 1. The van der Waals surface area contributed by atoms with Crippen molar-refractivity contribution >= 4 is 10.8 Å². The molecule has 0 unspecified atom stereocenters. The molecular formula is C26H30O. The average Bonchev–Trinajstić information content (AvgIpc) is 2.62. The molecule has 27 heavy (non-hydrogen) atoms. The summed E-state index contributed by atoms with van der Waals surface area (Å²) in [5.74, 6) is 1.07. The Kier molecular flexibility index (Phi) is 4.50. The lowest BCUT2D eigenvalue weighted by Gasteiger charge is -2.30. The third-order valence-electron chi connectivity index (χ3n) is 5.58. The molecule has 0 saturated carbocycles. The number of fused-ring (bicyclic) bond motifs is 2. The van der Waals surface area contributed by atoms with E-state index in [9.17, 15) is 0 Å². The highest BCUT2D eigenvalue weighted by molar-refractivity contribution is 6.01. The number of benzene rings is 3. The predicted molar refractivity (Wildman–Crippen MR) is 116 cm³/mol. The molecule has 0 bridgehead atoms. The van der Waals surface area contributed by atoms with Crippen molar-refractivity contribution in [3.63, 3.8) is 0 Å². The van der Waals surface area contributed by atoms with Crippen molar-refractivity contribution < 1.29 is 4.74 Å². The van der Waals surface area contributed by atoms with E-state index in [1.165, 1.54) is 63.4 Å². The Morgan fingerprint density at radius 1 is 0.815 bits per heavy atom. The van der Waals surface area contributed by atoms with Gasteiger partial charge in [0.25, 0.3) is 0 Å². The van der Waals surface area contributed by atoms with Crippen molar-refractivity contribution in [2.75, 3.05) is 0 Å². The van der Waals surface area contributed by atoms with E-state index in [0.29, 0.717) is 0 Å². The SMILES string of the molecule is Cc1cc2c(c(-c3c(C)ccc4ccccc34)c1OC(C)(C)C)CCCC2. The molecule has 1 nitrogen and oxygen atoms in total. The van der Waals surface area contributed by atoms with Crippen LogP contribution in [0.3, 0.4) is 0 Å². The van der Waals surface area contributed by atoms with Crippen molar-refractivity contribution in [1.82, 2.24) is 0 Å². The highest BCUT2D eigenvalue weighted by atomic mass is 16.5. The molecule has 3 aromatic rings. The summed E-state index contributed by atoms with van der Waals surface area (Å²) in [6.45, 7) is 10.9. The van der Waals surface area contributed by atoms with Crippen molar-refractivity contribution in [3.8, 4) is 16.9 Å². The first-order valence-electron chi connectivity index (χ1n) is 10.2. The van der Waals surface area contributed by atoms with Crippen molar-refractivity contribution in [2.24, 2.45) is 0 Å². The molecule has 0 amide bonds. The number of aryl methyl sites for hydroxylation is 3. The predicted octanol–water partition coefficient (Wildman–Crippen LogP) is 7.18. The monoisotopic (exact) mass is 358 g/mol. The van der Waals surface area contributed by atoms with Gasteiger partial charge in [0.2, 0.25) is 0 Å². The number of hydrogen-bond acceptors (Lipinski definition) is 1. The van der Waals surface area contributed by atoms with Crippen LogP contribution in [0.15, 0.2) is 42.5 Å². The second-order valence-corrected chi connectivity index (χ2v) is 8.94. The quantitative estimate of drug-likeness (QED) is 0.471. The summed E-state index contributed by atoms with van der Waals surface area (Å²) < 4.78 is 6.59. The van der Waals surface area contributed by atoms with Gasteiger partial charge in [0, 0.05) is 5.56 Å². The van der Waals surface area contributed by atoms with Gasteiger partial charge < -0.3 is 4.74 Å². The van der Waals surface area contributed by atoms with Crippen LogP contribution in [0.1, 0.15) is 55.9 Å². The zero-order valence-electron chi connectivity index (χ0n) is 17.3. The van der Waals surface area contributed by atoms with Crippen LogP contribution in [0, 0.1) is 13.8 Å². The minimum atomic E-state index is -0.221. The second kappa shape index (κ2) is 6.71. The molecule has 0 heterocycles. The van der Waals surface area contributed by atoms with Crippen LogP contribution in [0.2, 0.25) is 0 Å². The molecule has 0 N–H and O–H groups in total. The zero-order valence-corrected chi connectivity index (χ0v) is 17.3. The van der Waals surface area contributed by atoms with E-state index < -0.39 is 0 Å². The third kappa shape index (κ3) is 3.36. The Hall–Kier alpha value is -2.28. The van der Waals surface area contributed by atoms with Gasteiger partial charge in [-0.3, -0.25) is 0 Å². The third-order valence-corrected chi connectivity index (χ3v) is 5.58. The Labute approximate surface area is 163 Å². The fraction of sp³-hybridized carbons (Fsp3) is 0.385. The molecule has 0 spiro atoms. The number of rotatable bonds is 2. The topological polar surface area (TPSA) is 9.23 Å². The molecule has 1 aliphatic rings. The van der Waals surface area contributed by atoms with Gasteiger partial charge in [0.15, 0.2) is 0 Å². The summed E-state index contributed by atoms with van der Waals surface area (Å²) in [6, 6.07) is 15.6. The molecule has 0 aromatic heterocycles. The van der Waals surface area contributed by atoms with Crippen molar-refractivity contribution in [1.29, 1.82) is 0 Å². The Morgan fingerprint density at radius 3 is 2.33 bits per heavy atom. The first kappa shape index (κ1) is 18.1. The molecule has 1 heteroatoms. The molecule has 4 rings (SSSR count). The lowest BCUT2D eigenvalue weighted by molar-refractivity contribution is 0.130. The van der Waals surface area contributed by atoms with E-state index in [1.807, 2.05) is 0 Å². The normalized spacial score (nSPS) is 14.3. The van der Waals surface area contributed by atoms with Gasteiger partial charge in [-0.2, -0.15) is 0 Å². The zero-order chi connectivity index (χ0) is 19.2. The minimum Gasteiger partial charge on any atom is -0.487 e. The largest absolute Gasteiger partial charge is 0.487 e. The maximum atomic E-state index is 6.59. The molecule has 0 aliphatic heterocycles. The van der Waals surface area contributed by atoms with Crippen LogP contribution in [0.4, 0.5) is 0 Å². The fourth-order valence-electron chi connectivity index (χ4n) is 4.45. The van der Waals surface area contributed by atoms with Gasteiger partial charge in [0.05, 0.1) is 0 Å². The van der Waals surface area contributed by atoms with Crippen LogP contribution in [0.5, 0.6) is 5.75 Å². The van der Waals surface area contributed by atoms with Crippen molar-refractivity contribution in [3.05, 3.63) is 64.7 Å². The molecule has 140 valence electrons. The van der Waals surface area contributed by atoms with E-state index >= 15 is 0 Å². The van der Waals surface area contributed by atoms with E-state index in [2.05, 4.69) is 77.1 Å². The van der Waals surface area contributed by atoms with E-state index in [-0.39, 0.29) is 5.60 Å². The molecule has 0 fully saturated rings. The maximum Gasteiger partial charge on any atom is 0.131 e. The van der Waals surface area contributed by atoms with Crippen molar-refractivity contribution in [2.45, 2.75) is 65.9 Å². The first-order valence-corrected chi connectivity index (χ1v) is 10.2. The number of hydrogen-bond donors (Lipinski definition) is 0. The maximum absolute atomic E-state index is 6.59. The van der Waals surface area contributed by atoms with Crippen LogP contribution in [-0.2, 0) is 12.8 Å². The highest BCUT2D eigenvalue weighted by Crippen LogP contribution is 2.45. The lowest BCUT2D eigenvalue weighted by atomic mass is 9.81. The van der Waals surface area contributed by atoms with Gasteiger partial charge in [-0.15, -0.1) is 0 Å². The van der Waals surface area contributed by atoms with Gasteiger partial charge in [-0.05, 0) is 98.9 Å². The van der Waals surface area contributed by atoms with Gasteiger partial charge in [-0.1, -0.05) is 42.5 Å². The molecule has 0 atom stereocenters. The van der Waals surface area contributed by atoms with Gasteiger partial charge in [-0.25, -0.2) is 0 Å². The van der Waals surface area contributed by atoms with Crippen LogP contribution < -0.4 is 4.74 Å². The lowest BCUT2D eigenvalue weighted by Crippen LogP contribution is -2.24. The minimum absolute atomic E-state index is 0.221. The first-order chi connectivity index (χ1) is 12.8. The molecule has 0 saturated heterocycles.